The zero-order chi connectivity index (χ0) is 25.9. The second-order valence-corrected chi connectivity index (χ2v) is 10.6. The molecule has 0 bridgehead atoms. The number of aliphatic hydroxyl groups excluding tert-OH is 1. The van der Waals surface area contributed by atoms with E-state index in [4.69, 9.17) is 4.52 Å². The van der Waals surface area contributed by atoms with Crippen LogP contribution in [0.5, 0.6) is 0 Å². The second kappa shape index (κ2) is 10.6. The number of aryl methyl sites for hydroxylation is 1. The molecule has 3 rings (SSSR count). The highest BCUT2D eigenvalue weighted by molar-refractivity contribution is 5.93. The van der Waals surface area contributed by atoms with Crippen molar-refractivity contribution >= 4 is 17.7 Å². The Bertz CT molecular complexity index is 1050. The molecule has 1 aliphatic heterocycles. The molecule has 35 heavy (non-hydrogen) atoms. The molecule has 1 saturated heterocycles. The fourth-order valence-corrected chi connectivity index (χ4v) is 4.08. The van der Waals surface area contributed by atoms with Crippen molar-refractivity contribution < 1.29 is 24.0 Å². The van der Waals surface area contributed by atoms with Gasteiger partial charge in [-0.15, -0.1) is 0 Å². The van der Waals surface area contributed by atoms with Crippen LogP contribution in [0.2, 0.25) is 0 Å². The van der Waals surface area contributed by atoms with E-state index in [0.29, 0.717) is 5.76 Å². The van der Waals surface area contributed by atoms with Gasteiger partial charge in [-0.05, 0) is 17.9 Å². The van der Waals surface area contributed by atoms with Crippen LogP contribution in [0.15, 0.2) is 35.0 Å². The molecule has 1 fully saturated rings. The second-order valence-electron chi connectivity index (χ2n) is 10.6. The van der Waals surface area contributed by atoms with Crippen LogP contribution in [-0.4, -0.2) is 57.6 Å². The van der Waals surface area contributed by atoms with Crippen LogP contribution in [0.1, 0.15) is 52.2 Å². The van der Waals surface area contributed by atoms with Crippen LogP contribution in [0, 0.1) is 18.3 Å². The highest BCUT2D eigenvalue weighted by Gasteiger charge is 2.44. The van der Waals surface area contributed by atoms with E-state index in [-0.39, 0.29) is 43.1 Å². The molecule has 2 aromatic rings. The number of carbonyl (C=O) groups excluding carboxylic acids is 3. The van der Waals surface area contributed by atoms with Crippen LogP contribution in [0.4, 0.5) is 0 Å². The average Bonchev–Trinajstić information content (AvgIpc) is 3.40. The van der Waals surface area contributed by atoms with Crippen molar-refractivity contribution in [3.63, 3.8) is 0 Å². The van der Waals surface area contributed by atoms with E-state index < -0.39 is 23.6 Å². The maximum absolute atomic E-state index is 13.5. The number of hydrogen-bond acceptors (Lipinski definition) is 6. The summed E-state index contributed by atoms with van der Waals surface area (Å²) in [7, 11) is 0. The summed E-state index contributed by atoms with van der Waals surface area (Å²) in [6, 6.07) is 5.95. The van der Waals surface area contributed by atoms with Gasteiger partial charge in [0, 0.05) is 36.6 Å². The maximum atomic E-state index is 13.5. The third-order valence-electron chi connectivity index (χ3n) is 6.22. The Balaban J connectivity index is 1.68. The molecule has 190 valence electrons. The first-order valence-corrected chi connectivity index (χ1v) is 12.0. The SMILES string of the molecule is Cc1cnoc1-c1ccc(CNC(=O)[C@@H]2C[C@@H](O)CN2C(=O)[C@@H](NC(=O)C(C)C)C(C)(C)C)cc1. The Morgan fingerprint density at radius 1 is 1.20 bits per heavy atom. The maximum Gasteiger partial charge on any atom is 0.246 e. The number of likely N-dealkylation sites (tertiary alicyclic amines) is 1. The summed E-state index contributed by atoms with van der Waals surface area (Å²) in [6.07, 6.45) is 1.00. The zero-order valence-electron chi connectivity index (χ0n) is 21.3. The topological polar surface area (TPSA) is 125 Å². The molecule has 2 heterocycles. The predicted molar refractivity (Wildman–Crippen MR) is 131 cm³/mol. The molecule has 9 heteroatoms. The molecule has 0 saturated carbocycles. The van der Waals surface area contributed by atoms with E-state index in [9.17, 15) is 19.5 Å². The number of aliphatic hydroxyl groups is 1. The lowest BCUT2D eigenvalue weighted by atomic mass is 9.85. The Hall–Kier alpha value is -3.20. The number of nitrogens with zero attached hydrogens (tertiary/aromatic N) is 2. The van der Waals surface area contributed by atoms with Crippen molar-refractivity contribution in [2.45, 2.75) is 72.7 Å². The van der Waals surface area contributed by atoms with Gasteiger partial charge in [-0.25, -0.2) is 0 Å². The van der Waals surface area contributed by atoms with Gasteiger partial charge in [0.25, 0.3) is 0 Å². The average molecular weight is 485 g/mol. The molecule has 0 unspecified atom stereocenters. The molecule has 9 nitrogen and oxygen atoms in total. The van der Waals surface area contributed by atoms with Crippen molar-refractivity contribution in [3.8, 4) is 11.3 Å². The van der Waals surface area contributed by atoms with Gasteiger partial charge in [0.1, 0.15) is 12.1 Å². The van der Waals surface area contributed by atoms with E-state index in [0.717, 1.165) is 16.7 Å². The highest BCUT2D eigenvalue weighted by atomic mass is 16.5. The number of rotatable bonds is 7. The van der Waals surface area contributed by atoms with Crippen LogP contribution in [0.25, 0.3) is 11.3 Å². The number of benzene rings is 1. The standard InChI is InChI=1S/C26H36N4O5/c1-15(2)23(32)29-22(26(4,5)6)25(34)30-14-19(31)11-20(30)24(33)27-13-17-7-9-18(10-8-17)21-16(3)12-28-35-21/h7-10,12,15,19-20,22,31H,11,13-14H2,1-6H3,(H,27,33)(H,29,32)/t19-,20+,22-/m1/s1. The van der Waals surface area contributed by atoms with Gasteiger partial charge in [0.15, 0.2) is 5.76 Å². The first-order chi connectivity index (χ1) is 16.4. The zero-order valence-corrected chi connectivity index (χ0v) is 21.3. The molecule has 1 aromatic heterocycles. The Morgan fingerprint density at radius 2 is 1.86 bits per heavy atom. The normalized spacial score (nSPS) is 19.0. The fourth-order valence-electron chi connectivity index (χ4n) is 4.08. The minimum atomic E-state index is -0.815. The van der Waals surface area contributed by atoms with Gasteiger partial charge >= 0.3 is 0 Å². The molecule has 3 atom stereocenters. The highest BCUT2D eigenvalue weighted by Crippen LogP contribution is 2.27. The Morgan fingerprint density at radius 3 is 2.40 bits per heavy atom. The molecule has 0 spiro atoms. The lowest BCUT2D eigenvalue weighted by Crippen LogP contribution is -2.58. The van der Waals surface area contributed by atoms with Gasteiger partial charge in [0.05, 0.1) is 12.3 Å². The summed E-state index contributed by atoms with van der Waals surface area (Å²) in [5.41, 5.74) is 2.14. The molecule has 1 aromatic carbocycles. The summed E-state index contributed by atoms with van der Waals surface area (Å²) >= 11 is 0. The fraction of sp³-hybridized carbons (Fsp3) is 0.538. The van der Waals surface area contributed by atoms with Crippen LogP contribution in [-0.2, 0) is 20.9 Å². The molecule has 3 amide bonds. The quantitative estimate of drug-likeness (QED) is 0.554. The Labute approximate surface area is 206 Å². The number of carbonyl (C=O) groups is 3. The molecule has 0 radical (unpaired) electrons. The van der Waals surface area contributed by atoms with Crippen molar-refractivity contribution in [2.24, 2.45) is 11.3 Å². The smallest absolute Gasteiger partial charge is 0.246 e. The number of aromatic nitrogens is 1. The van der Waals surface area contributed by atoms with E-state index in [1.54, 1.807) is 20.0 Å². The van der Waals surface area contributed by atoms with Crippen molar-refractivity contribution in [1.29, 1.82) is 0 Å². The molecule has 0 aliphatic carbocycles. The monoisotopic (exact) mass is 484 g/mol. The van der Waals surface area contributed by atoms with Crippen molar-refractivity contribution in [3.05, 3.63) is 41.6 Å². The van der Waals surface area contributed by atoms with Crippen LogP contribution in [0.3, 0.4) is 0 Å². The third kappa shape index (κ3) is 6.28. The minimum absolute atomic E-state index is 0.0479. The summed E-state index contributed by atoms with van der Waals surface area (Å²) in [5.74, 6) is -0.520. The van der Waals surface area contributed by atoms with Crippen LogP contribution < -0.4 is 10.6 Å². The molecular weight excluding hydrogens is 448 g/mol. The van der Waals surface area contributed by atoms with Gasteiger partial charge in [-0.2, -0.15) is 0 Å². The lowest BCUT2D eigenvalue weighted by Gasteiger charge is -2.35. The first-order valence-electron chi connectivity index (χ1n) is 12.0. The third-order valence-corrected chi connectivity index (χ3v) is 6.22. The van der Waals surface area contributed by atoms with E-state index in [1.165, 1.54) is 4.90 Å². The summed E-state index contributed by atoms with van der Waals surface area (Å²) in [5, 5.41) is 19.8. The molecule has 3 N–H and O–H groups in total. The summed E-state index contributed by atoms with van der Waals surface area (Å²) in [6.45, 7) is 11.3. The predicted octanol–water partition coefficient (Wildman–Crippen LogP) is 2.41. The number of hydrogen-bond donors (Lipinski definition) is 3. The number of nitrogens with one attached hydrogen (secondary N) is 2. The minimum Gasteiger partial charge on any atom is -0.391 e. The van der Waals surface area contributed by atoms with Crippen molar-refractivity contribution in [1.82, 2.24) is 20.7 Å². The van der Waals surface area contributed by atoms with Gasteiger partial charge < -0.3 is 25.2 Å². The van der Waals surface area contributed by atoms with Crippen LogP contribution >= 0.6 is 0 Å². The molecular formula is C26H36N4O5. The molecule has 1 aliphatic rings. The van der Waals surface area contributed by atoms with Gasteiger partial charge in [-0.1, -0.05) is 64.0 Å². The Kier molecular flexibility index (Phi) is 8.00. The van der Waals surface area contributed by atoms with E-state index in [1.807, 2.05) is 52.0 Å². The summed E-state index contributed by atoms with van der Waals surface area (Å²) < 4.78 is 5.27. The van der Waals surface area contributed by atoms with E-state index in [2.05, 4.69) is 15.8 Å². The number of amides is 3. The van der Waals surface area contributed by atoms with E-state index >= 15 is 0 Å². The lowest BCUT2D eigenvalue weighted by molar-refractivity contribution is -0.144. The largest absolute Gasteiger partial charge is 0.391 e. The first kappa shape index (κ1) is 26.4. The van der Waals surface area contributed by atoms with Gasteiger partial charge in [0.2, 0.25) is 17.7 Å². The van der Waals surface area contributed by atoms with Gasteiger partial charge in [-0.3, -0.25) is 14.4 Å². The summed E-state index contributed by atoms with van der Waals surface area (Å²) in [4.78, 5) is 40.3. The van der Waals surface area contributed by atoms with Crippen molar-refractivity contribution in [2.75, 3.05) is 6.54 Å². The number of β-amino-alcohol motifs (C(OH)–C–C–N with tert-alkyl or cyclic N) is 1.